The van der Waals surface area contributed by atoms with Crippen LogP contribution in [0.4, 0.5) is 4.39 Å². The first kappa shape index (κ1) is 24.9. The summed E-state index contributed by atoms with van der Waals surface area (Å²) in [5.74, 6) is 0.934. The minimum Gasteiger partial charge on any atom is -0.460 e. The van der Waals surface area contributed by atoms with Crippen LogP contribution < -0.4 is 10.1 Å². The van der Waals surface area contributed by atoms with Gasteiger partial charge in [0.15, 0.2) is 0 Å². The molecule has 2 rings (SSSR count). The van der Waals surface area contributed by atoms with E-state index in [1.54, 1.807) is 0 Å². The zero-order chi connectivity index (χ0) is 22.0. The first-order valence-corrected chi connectivity index (χ1v) is 10.5. The van der Waals surface area contributed by atoms with Crippen LogP contribution >= 0.6 is 15.9 Å². The summed E-state index contributed by atoms with van der Waals surface area (Å²) in [6.45, 7) is 13.7. The molecular weight excluding hydrogens is 433 g/mol. The van der Waals surface area contributed by atoms with Crippen molar-refractivity contribution in [1.82, 2.24) is 5.32 Å². The maximum atomic E-state index is 12.9. The average molecular weight is 464 g/mol. The molecule has 1 N–H and O–H groups in total. The predicted molar refractivity (Wildman–Crippen MR) is 122 cm³/mol. The maximum Gasteiger partial charge on any atom is 0.251 e. The van der Waals surface area contributed by atoms with Crippen molar-refractivity contribution in [1.29, 1.82) is 0 Å². The molecule has 2 atom stereocenters. The topological polar surface area (TPSA) is 38.3 Å². The van der Waals surface area contributed by atoms with E-state index < -0.39 is 6.36 Å². The first-order valence-electron chi connectivity index (χ1n) is 9.76. The second-order valence-electron chi connectivity index (χ2n) is 6.95. The van der Waals surface area contributed by atoms with Gasteiger partial charge in [-0.25, -0.2) is 4.39 Å². The summed E-state index contributed by atoms with van der Waals surface area (Å²) in [5, 5.41) is 2.77. The van der Waals surface area contributed by atoms with Crippen molar-refractivity contribution in [2.45, 2.75) is 53.3 Å². The van der Waals surface area contributed by atoms with E-state index >= 15 is 0 Å². The molecule has 1 amide bonds. The molecular formula is C24H31BrFNO2. The summed E-state index contributed by atoms with van der Waals surface area (Å²) < 4.78 is 19.1. The number of benzene rings is 2. The molecule has 0 fully saturated rings. The number of halogens is 2. The lowest BCUT2D eigenvalue weighted by molar-refractivity contribution is 0.0845. The van der Waals surface area contributed by atoms with Crippen LogP contribution in [-0.4, -0.2) is 18.8 Å². The minimum absolute atomic E-state index is 0.00694. The standard InChI is InChI=1S/C14H19FO.C10H12BrNO/c1-5-6-11(3)13-8-7-10(2)9-14(13)16-12(4)15;1-3-12-10(13)9-5-4-8(11)6-7(9)2/h5,7-9,11-12H,1,6H2,2-4H3;4-6H,3H2,1-2H3,(H,12,13). The Morgan fingerprint density at radius 2 is 1.93 bits per heavy atom. The fraction of sp³-hybridized carbons (Fsp3) is 0.375. The van der Waals surface area contributed by atoms with Crippen molar-refractivity contribution < 1.29 is 13.9 Å². The second-order valence-corrected chi connectivity index (χ2v) is 7.86. The van der Waals surface area contributed by atoms with Crippen molar-refractivity contribution >= 4 is 21.8 Å². The maximum absolute atomic E-state index is 12.9. The predicted octanol–water partition coefficient (Wildman–Crippen LogP) is 6.88. The molecule has 0 saturated carbocycles. The molecule has 0 aliphatic carbocycles. The van der Waals surface area contributed by atoms with Crippen LogP contribution in [0, 0.1) is 13.8 Å². The SMILES string of the molecule is C=CCC(C)c1ccc(C)cc1OC(C)F.CCNC(=O)c1ccc(Br)cc1C. The first-order chi connectivity index (χ1) is 13.7. The lowest BCUT2D eigenvalue weighted by Gasteiger charge is -2.17. The highest BCUT2D eigenvalue weighted by Crippen LogP contribution is 2.30. The number of alkyl halides is 1. The van der Waals surface area contributed by atoms with Crippen molar-refractivity contribution in [2.75, 3.05) is 6.54 Å². The van der Waals surface area contributed by atoms with Gasteiger partial charge in [0.1, 0.15) is 5.75 Å². The van der Waals surface area contributed by atoms with Crippen LogP contribution in [0.1, 0.15) is 60.2 Å². The summed E-state index contributed by atoms with van der Waals surface area (Å²) in [4.78, 5) is 11.5. The zero-order valence-corrected chi connectivity index (χ0v) is 19.5. The van der Waals surface area contributed by atoms with Gasteiger partial charge in [-0.15, -0.1) is 6.58 Å². The van der Waals surface area contributed by atoms with Gasteiger partial charge in [0.05, 0.1) is 0 Å². The van der Waals surface area contributed by atoms with Crippen LogP contribution in [-0.2, 0) is 0 Å². The largest absolute Gasteiger partial charge is 0.460 e. The Kier molecular flexibility index (Phi) is 10.7. The van der Waals surface area contributed by atoms with Gasteiger partial charge in [0.25, 0.3) is 5.91 Å². The van der Waals surface area contributed by atoms with Gasteiger partial charge in [-0.2, -0.15) is 0 Å². The van der Waals surface area contributed by atoms with E-state index in [1.807, 2.05) is 63.2 Å². The lowest BCUT2D eigenvalue weighted by Crippen LogP contribution is -2.23. The number of hydrogen-bond donors (Lipinski definition) is 1. The lowest BCUT2D eigenvalue weighted by atomic mass is 9.96. The Morgan fingerprint density at radius 3 is 2.48 bits per heavy atom. The molecule has 2 aromatic carbocycles. The number of rotatable bonds is 7. The van der Waals surface area contributed by atoms with E-state index in [9.17, 15) is 9.18 Å². The van der Waals surface area contributed by atoms with Crippen LogP contribution in [0.2, 0.25) is 0 Å². The monoisotopic (exact) mass is 463 g/mol. The molecule has 158 valence electrons. The number of nitrogens with one attached hydrogen (secondary N) is 1. The molecule has 2 aromatic rings. The number of carbonyl (C=O) groups is 1. The van der Waals surface area contributed by atoms with Crippen molar-refractivity contribution in [3.8, 4) is 5.75 Å². The Balaban J connectivity index is 0.000000296. The van der Waals surface area contributed by atoms with Gasteiger partial charge in [-0.05, 0) is 74.1 Å². The van der Waals surface area contributed by atoms with E-state index in [4.69, 9.17) is 4.74 Å². The quantitative estimate of drug-likeness (QED) is 0.454. The van der Waals surface area contributed by atoms with Crippen molar-refractivity contribution in [3.63, 3.8) is 0 Å². The van der Waals surface area contributed by atoms with Gasteiger partial charge >= 0.3 is 0 Å². The summed E-state index contributed by atoms with van der Waals surface area (Å²) in [6, 6.07) is 11.5. The molecule has 0 aromatic heterocycles. The molecule has 0 radical (unpaired) electrons. The van der Waals surface area contributed by atoms with Crippen molar-refractivity contribution in [3.05, 3.63) is 75.8 Å². The minimum atomic E-state index is -1.28. The normalized spacial score (nSPS) is 12.2. The third-order valence-corrected chi connectivity index (χ3v) is 4.77. The Bertz CT molecular complexity index is 821. The molecule has 0 bridgehead atoms. The molecule has 3 nitrogen and oxygen atoms in total. The van der Waals surface area contributed by atoms with Gasteiger partial charge in [0, 0.05) is 23.5 Å². The van der Waals surface area contributed by atoms with Crippen LogP contribution in [0.3, 0.4) is 0 Å². The zero-order valence-electron chi connectivity index (χ0n) is 17.9. The van der Waals surface area contributed by atoms with Gasteiger partial charge in [0.2, 0.25) is 6.36 Å². The van der Waals surface area contributed by atoms with Crippen LogP contribution in [0.25, 0.3) is 0 Å². The van der Waals surface area contributed by atoms with Gasteiger partial charge < -0.3 is 10.1 Å². The van der Waals surface area contributed by atoms with E-state index in [1.165, 1.54) is 6.92 Å². The summed E-state index contributed by atoms with van der Waals surface area (Å²) in [5.41, 5.74) is 3.84. The van der Waals surface area contributed by atoms with E-state index in [0.717, 1.165) is 33.1 Å². The number of ether oxygens (including phenoxy) is 1. The number of allylic oxidation sites excluding steroid dienone is 1. The number of hydrogen-bond acceptors (Lipinski definition) is 2. The average Bonchev–Trinajstić information content (AvgIpc) is 2.62. The molecule has 0 aliphatic rings. The summed E-state index contributed by atoms with van der Waals surface area (Å²) in [6.07, 6.45) is 1.45. The highest BCUT2D eigenvalue weighted by Gasteiger charge is 2.12. The third-order valence-electron chi connectivity index (χ3n) is 4.28. The smallest absolute Gasteiger partial charge is 0.251 e. The van der Waals surface area contributed by atoms with E-state index in [0.29, 0.717) is 18.2 Å². The highest BCUT2D eigenvalue weighted by atomic mass is 79.9. The number of carbonyl (C=O) groups excluding carboxylic acids is 1. The van der Waals surface area contributed by atoms with Crippen LogP contribution in [0.15, 0.2) is 53.5 Å². The summed E-state index contributed by atoms with van der Waals surface area (Å²) in [7, 11) is 0. The van der Waals surface area contributed by atoms with Crippen LogP contribution in [0.5, 0.6) is 5.75 Å². The molecule has 0 spiro atoms. The van der Waals surface area contributed by atoms with E-state index in [-0.39, 0.29) is 5.91 Å². The van der Waals surface area contributed by atoms with Gasteiger partial charge in [-0.1, -0.05) is 41.1 Å². The molecule has 0 heterocycles. The molecule has 0 aliphatic heterocycles. The molecule has 0 saturated heterocycles. The number of amides is 1. The summed E-state index contributed by atoms with van der Waals surface area (Å²) >= 11 is 3.35. The third kappa shape index (κ3) is 8.40. The Hall–Kier alpha value is -2.14. The van der Waals surface area contributed by atoms with Gasteiger partial charge in [-0.3, -0.25) is 4.79 Å². The Morgan fingerprint density at radius 1 is 1.24 bits per heavy atom. The Labute approximate surface area is 182 Å². The number of aryl methyl sites for hydroxylation is 2. The molecule has 5 heteroatoms. The fourth-order valence-corrected chi connectivity index (χ4v) is 3.32. The fourth-order valence-electron chi connectivity index (χ4n) is 2.84. The van der Waals surface area contributed by atoms with E-state index in [2.05, 4.69) is 34.7 Å². The molecule has 2 unspecified atom stereocenters. The van der Waals surface area contributed by atoms with Crippen molar-refractivity contribution in [2.24, 2.45) is 0 Å². The molecule has 29 heavy (non-hydrogen) atoms. The second kappa shape index (κ2) is 12.4. The highest BCUT2D eigenvalue weighted by molar-refractivity contribution is 9.10.